The second-order valence-corrected chi connectivity index (χ2v) is 10.5. The molecule has 6 nitrogen and oxygen atoms in total. The van der Waals surface area contributed by atoms with Crippen LogP contribution in [0.4, 0.5) is 0 Å². The Morgan fingerprint density at radius 2 is 0.646 bits per heavy atom. The summed E-state index contributed by atoms with van der Waals surface area (Å²) in [6, 6.07) is 31.9. The van der Waals surface area contributed by atoms with Crippen molar-refractivity contribution in [1.82, 2.24) is 9.80 Å². The first-order valence-electron chi connectivity index (χ1n) is 17.5. The van der Waals surface area contributed by atoms with Crippen LogP contribution >= 0.6 is 0 Å². The highest BCUT2D eigenvalue weighted by molar-refractivity contribution is 6.59. The van der Waals surface area contributed by atoms with Crippen LogP contribution in [0, 0.1) is 0 Å². The van der Waals surface area contributed by atoms with Gasteiger partial charge in [-0.1, -0.05) is 152 Å². The van der Waals surface area contributed by atoms with E-state index in [1.807, 2.05) is 91.8 Å². The summed E-state index contributed by atoms with van der Waals surface area (Å²) in [4.78, 5) is 4.41. The normalized spacial score (nSPS) is 10.2. The molecule has 48 heavy (non-hydrogen) atoms. The molecule has 0 unspecified atom stereocenters. The molecule has 0 spiro atoms. The quantitative estimate of drug-likeness (QED) is 0.0991. The summed E-state index contributed by atoms with van der Waals surface area (Å²) >= 11 is 0. The van der Waals surface area contributed by atoms with Gasteiger partial charge in [0.15, 0.2) is 0 Å². The van der Waals surface area contributed by atoms with Gasteiger partial charge in [0.05, 0.1) is 0 Å². The third-order valence-electron chi connectivity index (χ3n) is 7.56. The zero-order valence-electron chi connectivity index (χ0n) is 30.9. The van der Waals surface area contributed by atoms with Crippen molar-refractivity contribution in [2.24, 2.45) is 0 Å². The minimum Gasteiger partial charge on any atom is -0.423 e. The minimum absolute atomic E-state index is 0.526. The van der Waals surface area contributed by atoms with Crippen LogP contribution in [-0.2, 0) is 26.2 Å². The lowest BCUT2D eigenvalue weighted by Crippen LogP contribution is -2.35. The summed E-state index contributed by atoms with van der Waals surface area (Å²) < 4.78 is 0. The van der Waals surface area contributed by atoms with E-state index in [2.05, 4.69) is 72.4 Å². The van der Waals surface area contributed by atoms with Crippen molar-refractivity contribution in [3.8, 4) is 0 Å². The van der Waals surface area contributed by atoms with Crippen LogP contribution in [0.15, 0.2) is 97.1 Å². The van der Waals surface area contributed by atoms with Gasteiger partial charge >= 0.3 is 14.2 Å². The van der Waals surface area contributed by atoms with E-state index in [4.69, 9.17) is 0 Å². The van der Waals surface area contributed by atoms with Crippen LogP contribution < -0.4 is 10.9 Å². The summed E-state index contributed by atoms with van der Waals surface area (Å²) in [6.07, 6.45) is 0. The van der Waals surface area contributed by atoms with Gasteiger partial charge in [0.1, 0.15) is 0 Å². The molecular formula is C40H58B2N2O4. The van der Waals surface area contributed by atoms with Gasteiger partial charge in [0.2, 0.25) is 0 Å². The molecule has 5 aromatic rings. The first-order chi connectivity index (χ1) is 23.3. The van der Waals surface area contributed by atoms with Gasteiger partial charge in [-0.25, -0.2) is 0 Å². The zero-order chi connectivity index (χ0) is 36.2. The minimum atomic E-state index is -1.50. The van der Waals surface area contributed by atoms with E-state index < -0.39 is 14.2 Å². The summed E-state index contributed by atoms with van der Waals surface area (Å²) in [5, 5.41) is 44.1. The molecule has 0 heterocycles. The van der Waals surface area contributed by atoms with Gasteiger partial charge in [0, 0.05) is 26.2 Å². The number of fused-ring (bicyclic) bond motifs is 2. The Kier molecular flexibility index (Phi) is 20.4. The van der Waals surface area contributed by atoms with Gasteiger partial charge < -0.3 is 20.1 Å². The van der Waals surface area contributed by atoms with E-state index in [1.165, 1.54) is 32.7 Å². The monoisotopic (exact) mass is 652 g/mol. The third-order valence-corrected chi connectivity index (χ3v) is 7.56. The lowest BCUT2D eigenvalue weighted by molar-refractivity contribution is 0.320. The van der Waals surface area contributed by atoms with E-state index in [-0.39, 0.29) is 0 Å². The average Bonchev–Trinajstić information content (AvgIpc) is 3.13. The van der Waals surface area contributed by atoms with Gasteiger partial charge in [-0.15, -0.1) is 0 Å². The number of benzene rings is 5. The highest BCUT2D eigenvalue weighted by atomic mass is 16.4. The molecule has 5 rings (SSSR count). The van der Waals surface area contributed by atoms with Crippen LogP contribution in [0.3, 0.4) is 0 Å². The molecule has 0 aliphatic heterocycles. The highest BCUT2D eigenvalue weighted by Gasteiger charge is 2.20. The predicted octanol–water partition coefficient (Wildman–Crippen LogP) is 6.72. The number of hydrogen-bond acceptors (Lipinski definition) is 6. The number of rotatable bonds is 10. The maximum atomic E-state index is 9.84. The second kappa shape index (κ2) is 23.0. The van der Waals surface area contributed by atoms with E-state index in [0.29, 0.717) is 37.1 Å². The molecule has 0 aliphatic rings. The fraction of sp³-hybridized carbons (Fsp3) is 0.350. The Balaban J connectivity index is 0.00000134. The lowest BCUT2D eigenvalue weighted by Gasteiger charge is -2.25. The van der Waals surface area contributed by atoms with E-state index in [1.54, 1.807) is 12.1 Å². The van der Waals surface area contributed by atoms with Crippen molar-refractivity contribution in [1.29, 1.82) is 0 Å². The topological polar surface area (TPSA) is 87.4 Å². The van der Waals surface area contributed by atoms with E-state index in [9.17, 15) is 20.1 Å². The smallest absolute Gasteiger partial charge is 0.423 e. The molecule has 0 fully saturated rings. The Morgan fingerprint density at radius 3 is 0.917 bits per heavy atom. The molecule has 0 atom stereocenters. The maximum absolute atomic E-state index is 9.84. The largest absolute Gasteiger partial charge is 0.488 e. The Hall–Kier alpha value is -3.49. The SMILES string of the molecule is CC.CC.CC.CC.CN(Cc1ccccc1B(O)O)Cc1c2ccccc2c(CN(C)Cc2ccccc2B(O)O)c2ccccc12. The molecule has 0 saturated carbocycles. The molecule has 5 aromatic carbocycles. The molecule has 258 valence electrons. The molecule has 4 N–H and O–H groups in total. The van der Waals surface area contributed by atoms with Crippen LogP contribution in [-0.4, -0.2) is 58.2 Å². The number of nitrogens with zero attached hydrogens (tertiary/aromatic N) is 2. The van der Waals surface area contributed by atoms with Crippen molar-refractivity contribution in [2.75, 3.05) is 14.1 Å². The molecular weight excluding hydrogens is 594 g/mol. The van der Waals surface area contributed by atoms with Gasteiger partial charge in [-0.3, -0.25) is 9.80 Å². The van der Waals surface area contributed by atoms with Crippen LogP contribution in [0.1, 0.15) is 77.6 Å². The fourth-order valence-electron chi connectivity index (χ4n) is 5.74. The highest BCUT2D eigenvalue weighted by Crippen LogP contribution is 2.34. The van der Waals surface area contributed by atoms with Crippen molar-refractivity contribution >= 4 is 46.7 Å². The molecule has 0 amide bonds. The second-order valence-electron chi connectivity index (χ2n) is 10.5. The van der Waals surface area contributed by atoms with Gasteiger partial charge in [-0.2, -0.15) is 0 Å². The first-order valence-corrected chi connectivity index (χ1v) is 17.5. The Bertz CT molecular complexity index is 1450. The van der Waals surface area contributed by atoms with Crippen LogP contribution in [0.5, 0.6) is 0 Å². The van der Waals surface area contributed by atoms with Crippen LogP contribution in [0.25, 0.3) is 21.5 Å². The summed E-state index contributed by atoms with van der Waals surface area (Å²) in [5.74, 6) is 0. The fourth-order valence-corrected chi connectivity index (χ4v) is 5.74. The molecule has 0 bridgehead atoms. The summed E-state index contributed by atoms with van der Waals surface area (Å²) in [5.41, 5.74) is 5.29. The molecule has 0 aliphatic carbocycles. The van der Waals surface area contributed by atoms with Gasteiger partial charge in [-0.05, 0) is 68.8 Å². The van der Waals surface area contributed by atoms with E-state index >= 15 is 0 Å². The first kappa shape index (κ1) is 42.5. The van der Waals surface area contributed by atoms with Crippen LogP contribution in [0.2, 0.25) is 0 Å². The number of hydrogen-bond donors (Lipinski definition) is 4. The third kappa shape index (κ3) is 11.3. The summed E-state index contributed by atoms with van der Waals surface area (Å²) in [6.45, 7) is 18.5. The lowest BCUT2D eigenvalue weighted by atomic mass is 9.77. The molecule has 0 aromatic heterocycles. The summed E-state index contributed by atoms with van der Waals surface area (Å²) in [7, 11) is 1.10. The molecule has 8 heteroatoms. The Morgan fingerprint density at radius 1 is 0.396 bits per heavy atom. The van der Waals surface area contributed by atoms with Gasteiger partial charge in [0.25, 0.3) is 0 Å². The van der Waals surface area contributed by atoms with Crippen molar-refractivity contribution in [2.45, 2.75) is 81.6 Å². The molecule has 0 saturated heterocycles. The van der Waals surface area contributed by atoms with Crippen molar-refractivity contribution < 1.29 is 20.1 Å². The maximum Gasteiger partial charge on any atom is 0.488 e. The standard InChI is InChI=1S/C32H34B2N2O4.4C2H6/c1-35(19-23-11-3-9-17-31(23)33(37)38)21-29-25-13-5-7-15-27(25)30(28-16-8-6-14-26(28)29)22-36(2)20-24-12-4-10-18-32(24)34(39)40;4*1-2/h3-18,37-40H,19-22H2,1-2H3;4*1-2H3. The zero-order valence-corrected chi connectivity index (χ0v) is 30.9. The molecule has 0 radical (unpaired) electrons. The van der Waals surface area contributed by atoms with E-state index in [0.717, 1.165) is 11.1 Å². The van der Waals surface area contributed by atoms with Crippen molar-refractivity contribution in [3.05, 3.63) is 119 Å². The Labute approximate surface area is 291 Å². The van der Waals surface area contributed by atoms with Crippen molar-refractivity contribution in [3.63, 3.8) is 0 Å². The predicted molar refractivity (Wildman–Crippen MR) is 210 cm³/mol. The average molecular weight is 653 g/mol.